The molecule has 2 N–H and O–H groups in total. The number of rotatable bonds is 5. The number of carbonyl (C=O) groups is 2. The van der Waals surface area contributed by atoms with Crippen LogP contribution in [0.5, 0.6) is 0 Å². The molecule has 0 saturated heterocycles. The third-order valence-corrected chi connectivity index (χ3v) is 4.87. The minimum atomic E-state index is -0.295. The van der Waals surface area contributed by atoms with E-state index in [1.807, 2.05) is 44.2 Å². The van der Waals surface area contributed by atoms with Crippen molar-refractivity contribution in [1.29, 1.82) is 0 Å². The molecule has 0 fully saturated rings. The van der Waals surface area contributed by atoms with Crippen LogP contribution in [0.25, 0.3) is 0 Å². The highest BCUT2D eigenvalue weighted by atomic mass is 35.5. The Morgan fingerprint density at radius 2 is 1.83 bits per heavy atom. The first-order valence-corrected chi connectivity index (χ1v) is 8.73. The summed E-state index contributed by atoms with van der Waals surface area (Å²) in [5, 5.41) is 5.96. The summed E-state index contributed by atoms with van der Waals surface area (Å²) >= 11 is 7.50. The van der Waals surface area contributed by atoms with E-state index in [0.717, 1.165) is 10.5 Å². The predicted octanol–water partition coefficient (Wildman–Crippen LogP) is 4.73. The van der Waals surface area contributed by atoms with Gasteiger partial charge in [-0.15, -0.1) is 11.8 Å². The summed E-state index contributed by atoms with van der Waals surface area (Å²) in [7, 11) is 0. The maximum absolute atomic E-state index is 12.4. The van der Waals surface area contributed by atoms with Gasteiger partial charge in [-0.05, 0) is 49.7 Å². The molecule has 6 heteroatoms. The summed E-state index contributed by atoms with van der Waals surface area (Å²) in [5.41, 5.74) is 2.27. The van der Waals surface area contributed by atoms with Crippen molar-refractivity contribution in [2.75, 3.05) is 10.6 Å². The zero-order valence-electron chi connectivity index (χ0n) is 13.7. The van der Waals surface area contributed by atoms with Gasteiger partial charge in [-0.2, -0.15) is 0 Å². The predicted molar refractivity (Wildman–Crippen MR) is 101 cm³/mol. The van der Waals surface area contributed by atoms with Crippen LogP contribution in [0, 0.1) is 6.92 Å². The van der Waals surface area contributed by atoms with Crippen LogP contribution in [0.2, 0.25) is 5.02 Å². The molecule has 0 aromatic heterocycles. The zero-order chi connectivity index (χ0) is 17.7. The molecular formula is C18H19ClN2O2S. The molecule has 0 saturated carbocycles. The fourth-order valence-corrected chi connectivity index (χ4v) is 3.19. The SMILES string of the molecule is CC(=O)Nc1cccc(SC(C)C(=O)Nc2cccc(Cl)c2C)c1. The summed E-state index contributed by atoms with van der Waals surface area (Å²) in [6, 6.07) is 12.8. The Morgan fingerprint density at radius 3 is 2.54 bits per heavy atom. The molecule has 4 nitrogen and oxygen atoms in total. The van der Waals surface area contributed by atoms with Crippen LogP contribution in [-0.2, 0) is 9.59 Å². The standard InChI is InChI=1S/C18H19ClN2O2S/c1-11-16(19)8-5-9-17(11)21-18(23)12(2)24-15-7-4-6-14(10-15)20-13(3)22/h4-10,12H,1-3H3,(H,20,22)(H,21,23). The number of benzene rings is 2. The first-order valence-electron chi connectivity index (χ1n) is 7.47. The topological polar surface area (TPSA) is 58.2 Å². The number of amides is 2. The fraction of sp³-hybridized carbons (Fsp3) is 0.222. The van der Waals surface area contributed by atoms with Crippen molar-refractivity contribution in [3.05, 3.63) is 53.1 Å². The molecule has 0 heterocycles. The van der Waals surface area contributed by atoms with Gasteiger partial charge in [-0.3, -0.25) is 9.59 Å². The van der Waals surface area contributed by atoms with Crippen LogP contribution in [-0.4, -0.2) is 17.1 Å². The molecule has 24 heavy (non-hydrogen) atoms. The van der Waals surface area contributed by atoms with Crippen LogP contribution in [0.4, 0.5) is 11.4 Å². The molecule has 126 valence electrons. The number of thioether (sulfide) groups is 1. The van der Waals surface area contributed by atoms with E-state index in [2.05, 4.69) is 10.6 Å². The number of anilines is 2. The van der Waals surface area contributed by atoms with Crippen LogP contribution in [0.1, 0.15) is 19.4 Å². The number of hydrogen-bond acceptors (Lipinski definition) is 3. The van der Waals surface area contributed by atoms with Crippen LogP contribution in [0.3, 0.4) is 0 Å². The Bertz CT molecular complexity index is 764. The fourth-order valence-electron chi connectivity index (χ4n) is 2.09. The highest BCUT2D eigenvalue weighted by Crippen LogP contribution is 2.28. The van der Waals surface area contributed by atoms with Gasteiger partial charge < -0.3 is 10.6 Å². The first-order chi connectivity index (χ1) is 11.4. The monoisotopic (exact) mass is 362 g/mol. The van der Waals surface area contributed by atoms with Crippen molar-refractivity contribution in [1.82, 2.24) is 0 Å². The Hall–Kier alpha value is -1.98. The Balaban J connectivity index is 2.03. The summed E-state index contributed by atoms with van der Waals surface area (Å²) in [4.78, 5) is 24.4. The highest BCUT2D eigenvalue weighted by molar-refractivity contribution is 8.00. The lowest BCUT2D eigenvalue weighted by Gasteiger charge is -2.14. The van der Waals surface area contributed by atoms with Gasteiger partial charge in [0.15, 0.2) is 0 Å². The largest absolute Gasteiger partial charge is 0.326 e. The van der Waals surface area contributed by atoms with Gasteiger partial charge in [0.2, 0.25) is 11.8 Å². The van der Waals surface area contributed by atoms with E-state index in [0.29, 0.717) is 16.4 Å². The highest BCUT2D eigenvalue weighted by Gasteiger charge is 2.16. The van der Waals surface area contributed by atoms with Crippen LogP contribution < -0.4 is 10.6 Å². The van der Waals surface area contributed by atoms with Crippen LogP contribution >= 0.6 is 23.4 Å². The summed E-state index contributed by atoms with van der Waals surface area (Å²) < 4.78 is 0. The normalized spacial score (nSPS) is 11.7. The second-order valence-electron chi connectivity index (χ2n) is 5.37. The van der Waals surface area contributed by atoms with Crippen molar-refractivity contribution < 1.29 is 9.59 Å². The molecule has 0 aliphatic rings. The molecule has 0 spiro atoms. The summed E-state index contributed by atoms with van der Waals surface area (Å²) in [6.07, 6.45) is 0. The number of carbonyl (C=O) groups excluding carboxylic acids is 2. The van der Waals surface area contributed by atoms with Gasteiger partial charge >= 0.3 is 0 Å². The molecule has 0 aliphatic heterocycles. The molecule has 0 bridgehead atoms. The lowest BCUT2D eigenvalue weighted by Crippen LogP contribution is -2.22. The molecule has 2 aromatic rings. The van der Waals surface area contributed by atoms with E-state index >= 15 is 0 Å². The quantitative estimate of drug-likeness (QED) is 0.756. The lowest BCUT2D eigenvalue weighted by atomic mass is 10.2. The van der Waals surface area contributed by atoms with E-state index < -0.39 is 0 Å². The van der Waals surface area contributed by atoms with E-state index in [4.69, 9.17) is 11.6 Å². The van der Waals surface area contributed by atoms with Crippen molar-refractivity contribution in [2.45, 2.75) is 30.9 Å². The van der Waals surface area contributed by atoms with Crippen molar-refractivity contribution in [3.63, 3.8) is 0 Å². The average molecular weight is 363 g/mol. The van der Waals surface area contributed by atoms with Gasteiger partial charge in [-0.25, -0.2) is 0 Å². The Morgan fingerprint density at radius 1 is 1.12 bits per heavy atom. The van der Waals surface area contributed by atoms with Gasteiger partial charge in [0.1, 0.15) is 0 Å². The molecule has 2 rings (SSSR count). The van der Waals surface area contributed by atoms with E-state index in [1.165, 1.54) is 18.7 Å². The van der Waals surface area contributed by atoms with Gasteiger partial charge in [0.25, 0.3) is 0 Å². The molecule has 0 aliphatic carbocycles. The summed E-state index contributed by atoms with van der Waals surface area (Å²) in [6.45, 7) is 5.17. The molecule has 1 unspecified atom stereocenters. The van der Waals surface area contributed by atoms with E-state index in [9.17, 15) is 9.59 Å². The van der Waals surface area contributed by atoms with Crippen LogP contribution in [0.15, 0.2) is 47.4 Å². The molecular weight excluding hydrogens is 344 g/mol. The minimum Gasteiger partial charge on any atom is -0.326 e. The molecule has 1 atom stereocenters. The van der Waals surface area contributed by atoms with E-state index in [1.54, 1.807) is 12.1 Å². The second-order valence-corrected chi connectivity index (χ2v) is 7.19. The van der Waals surface area contributed by atoms with Crippen molar-refractivity contribution in [3.8, 4) is 0 Å². The Labute approximate surface area is 151 Å². The molecule has 2 amide bonds. The average Bonchev–Trinajstić information content (AvgIpc) is 2.51. The zero-order valence-corrected chi connectivity index (χ0v) is 15.3. The third-order valence-electron chi connectivity index (χ3n) is 3.36. The smallest absolute Gasteiger partial charge is 0.237 e. The third kappa shape index (κ3) is 5.01. The second kappa shape index (κ2) is 8.22. The maximum atomic E-state index is 12.4. The Kier molecular flexibility index (Phi) is 6.29. The molecule has 2 aromatic carbocycles. The van der Waals surface area contributed by atoms with Gasteiger partial charge in [-0.1, -0.05) is 23.7 Å². The van der Waals surface area contributed by atoms with Gasteiger partial charge in [0, 0.05) is 28.2 Å². The minimum absolute atomic E-state index is 0.102. The summed E-state index contributed by atoms with van der Waals surface area (Å²) in [5.74, 6) is -0.227. The lowest BCUT2D eigenvalue weighted by molar-refractivity contribution is -0.115. The van der Waals surface area contributed by atoms with E-state index in [-0.39, 0.29) is 17.1 Å². The number of halogens is 1. The first kappa shape index (κ1) is 18.4. The maximum Gasteiger partial charge on any atom is 0.237 e. The molecule has 0 radical (unpaired) electrons. The van der Waals surface area contributed by atoms with Gasteiger partial charge in [0.05, 0.1) is 5.25 Å². The van der Waals surface area contributed by atoms with Crippen molar-refractivity contribution in [2.24, 2.45) is 0 Å². The number of nitrogens with one attached hydrogen (secondary N) is 2. The number of hydrogen-bond donors (Lipinski definition) is 2. The van der Waals surface area contributed by atoms with Crippen molar-refractivity contribution >= 4 is 46.6 Å².